The van der Waals surface area contributed by atoms with E-state index in [9.17, 15) is 18.4 Å². The predicted octanol–water partition coefficient (Wildman–Crippen LogP) is 4.92. The van der Waals surface area contributed by atoms with Crippen LogP contribution in [0.3, 0.4) is 0 Å². The maximum atomic E-state index is 14.1. The minimum Gasteiger partial charge on any atom is -0.397 e. The van der Waals surface area contributed by atoms with Crippen LogP contribution in [-0.4, -0.2) is 14.5 Å². The zero-order valence-electron chi connectivity index (χ0n) is 18.7. The van der Waals surface area contributed by atoms with E-state index in [1.807, 2.05) is 0 Å². The van der Waals surface area contributed by atoms with Gasteiger partial charge in [0.15, 0.2) is 11.6 Å². The monoisotopic (exact) mass is 540 g/mol. The minimum absolute atomic E-state index is 0.0513. The van der Waals surface area contributed by atoms with Crippen LogP contribution in [0.4, 0.5) is 25.8 Å². The fourth-order valence-electron chi connectivity index (χ4n) is 3.99. The van der Waals surface area contributed by atoms with Crippen LogP contribution in [0.25, 0.3) is 27.7 Å². The van der Waals surface area contributed by atoms with Gasteiger partial charge in [-0.1, -0.05) is 53.5 Å². The Balaban J connectivity index is 1.86. The van der Waals surface area contributed by atoms with E-state index in [1.54, 1.807) is 30.5 Å². The first-order chi connectivity index (χ1) is 17.7. The summed E-state index contributed by atoms with van der Waals surface area (Å²) < 4.78 is 28.8. The lowest BCUT2D eigenvalue weighted by atomic mass is 10.1. The lowest BCUT2D eigenvalue weighted by Crippen LogP contribution is -2.41. The van der Waals surface area contributed by atoms with Gasteiger partial charge in [0, 0.05) is 34.7 Å². The Hall–Kier alpha value is -4.25. The van der Waals surface area contributed by atoms with E-state index in [0.29, 0.717) is 10.8 Å². The molecular formula is C25H16Cl2F2N6O2. The Morgan fingerprint density at radius 2 is 1.68 bits per heavy atom. The Morgan fingerprint density at radius 1 is 0.946 bits per heavy atom. The lowest BCUT2D eigenvalue weighted by molar-refractivity contribution is 0.509. The first-order valence-corrected chi connectivity index (χ1v) is 11.4. The molecule has 5 N–H and O–H groups in total. The fraction of sp³-hybridized carbons (Fsp3) is 0. The number of hydrazine groups is 1. The Morgan fingerprint density at radius 3 is 2.43 bits per heavy atom. The molecule has 0 bridgehead atoms. The minimum atomic E-state index is -1.24. The van der Waals surface area contributed by atoms with Gasteiger partial charge in [-0.05, 0) is 12.1 Å². The molecule has 0 atom stereocenters. The van der Waals surface area contributed by atoms with E-state index >= 15 is 0 Å². The molecule has 37 heavy (non-hydrogen) atoms. The molecule has 3 aromatic carbocycles. The molecule has 0 aliphatic heterocycles. The fourth-order valence-corrected chi connectivity index (χ4v) is 4.29. The van der Waals surface area contributed by atoms with Gasteiger partial charge in [0.2, 0.25) is 0 Å². The molecular weight excluding hydrogens is 525 g/mol. The topological polar surface area (TPSA) is 123 Å². The molecule has 0 saturated heterocycles. The standard InChI is InChI=1S/C25H16Cl2F2N6O2/c26-15-6-5-12(7-16(15)27)22-23(35(31)20-9-18(29)17(28)8-19(20)30)24(36)34(25(37)33-22)21-11-32-10-13-3-1-2-4-14(13)21/h1-11H,30-31H2,(H,33,37). The summed E-state index contributed by atoms with van der Waals surface area (Å²) in [4.78, 5) is 34.1. The van der Waals surface area contributed by atoms with Crippen molar-refractivity contribution in [3.05, 3.63) is 110 Å². The molecule has 0 fully saturated rings. The van der Waals surface area contributed by atoms with Gasteiger partial charge < -0.3 is 10.7 Å². The van der Waals surface area contributed by atoms with Crippen molar-refractivity contribution in [3.63, 3.8) is 0 Å². The molecule has 5 aromatic rings. The molecule has 0 spiro atoms. The number of hydrogen-bond acceptors (Lipinski definition) is 6. The molecule has 5 rings (SSSR count). The van der Waals surface area contributed by atoms with Crippen LogP contribution in [0.15, 0.2) is 76.6 Å². The zero-order valence-corrected chi connectivity index (χ0v) is 20.2. The maximum Gasteiger partial charge on any atom is 0.333 e. The van der Waals surface area contributed by atoms with Gasteiger partial charge in [0.05, 0.1) is 39.0 Å². The number of nitrogens with one attached hydrogen (secondary N) is 1. The summed E-state index contributed by atoms with van der Waals surface area (Å²) in [6.45, 7) is 0. The van der Waals surface area contributed by atoms with Crippen LogP contribution >= 0.6 is 23.2 Å². The summed E-state index contributed by atoms with van der Waals surface area (Å²) in [7, 11) is 0. The molecule has 8 nitrogen and oxygen atoms in total. The molecule has 2 heterocycles. The summed E-state index contributed by atoms with van der Waals surface area (Å²) in [5, 5.41) is 2.40. The van der Waals surface area contributed by atoms with Crippen molar-refractivity contribution in [1.82, 2.24) is 14.5 Å². The number of benzene rings is 3. The van der Waals surface area contributed by atoms with Crippen molar-refractivity contribution in [2.75, 3.05) is 10.7 Å². The van der Waals surface area contributed by atoms with Gasteiger partial charge in [-0.25, -0.2) is 24.0 Å². The van der Waals surface area contributed by atoms with Gasteiger partial charge in [-0.15, -0.1) is 0 Å². The molecule has 0 radical (unpaired) electrons. The van der Waals surface area contributed by atoms with Crippen molar-refractivity contribution < 1.29 is 8.78 Å². The maximum absolute atomic E-state index is 14.1. The number of nitrogens with zero attached hydrogens (tertiary/aromatic N) is 3. The highest BCUT2D eigenvalue weighted by Gasteiger charge is 2.25. The van der Waals surface area contributed by atoms with Crippen LogP contribution in [0, 0.1) is 11.6 Å². The van der Waals surface area contributed by atoms with Gasteiger partial charge in [0.1, 0.15) is 5.69 Å². The summed E-state index contributed by atoms with van der Waals surface area (Å²) in [5.41, 5.74) is 3.86. The number of rotatable bonds is 4. The number of nitrogen functional groups attached to an aromatic ring is 1. The number of hydrogen-bond donors (Lipinski definition) is 3. The molecule has 0 unspecified atom stereocenters. The second-order valence-corrected chi connectivity index (χ2v) is 8.81. The summed E-state index contributed by atoms with van der Waals surface area (Å²) in [6, 6.07) is 12.9. The number of aromatic amines is 1. The highest BCUT2D eigenvalue weighted by atomic mass is 35.5. The van der Waals surface area contributed by atoms with Crippen LogP contribution in [0.2, 0.25) is 10.0 Å². The van der Waals surface area contributed by atoms with Crippen LogP contribution in [0.1, 0.15) is 0 Å². The third-order valence-corrected chi connectivity index (χ3v) is 6.48. The molecule has 2 aromatic heterocycles. The second-order valence-electron chi connectivity index (χ2n) is 8.00. The quantitative estimate of drug-likeness (QED) is 0.169. The molecule has 0 aliphatic rings. The number of halogens is 4. The van der Waals surface area contributed by atoms with Crippen molar-refractivity contribution >= 4 is 51.0 Å². The van der Waals surface area contributed by atoms with Crippen LogP contribution in [-0.2, 0) is 0 Å². The molecule has 0 amide bonds. The third-order valence-electron chi connectivity index (χ3n) is 5.74. The Bertz CT molecular complexity index is 1820. The Labute approximate surface area is 217 Å². The SMILES string of the molecule is Nc1cc(F)c(F)cc1N(N)c1c(-c2ccc(Cl)c(Cl)c2)[nH]c(=O)n(-c2cncc3ccccc23)c1=O. The number of H-pyrrole nitrogens is 1. The summed E-state index contributed by atoms with van der Waals surface area (Å²) >= 11 is 12.2. The average molecular weight is 541 g/mol. The van der Waals surface area contributed by atoms with Crippen molar-refractivity contribution in [3.8, 4) is 16.9 Å². The lowest BCUT2D eigenvalue weighted by Gasteiger charge is -2.23. The van der Waals surface area contributed by atoms with Gasteiger partial charge in [0.25, 0.3) is 5.56 Å². The molecule has 12 heteroatoms. The van der Waals surface area contributed by atoms with E-state index in [0.717, 1.165) is 21.7 Å². The predicted molar refractivity (Wildman–Crippen MR) is 141 cm³/mol. The normalized spacial score (nSPS) is 11.2. The largest absolute Gasteiger partial charge is 0.397 e. The van der Waals surface area contributed by atoms with E-state index in [-0.39, 0.29) is 44.1 Å². The van der Waals surface area contributed by atoms with Crippen molar-refractivity contribution in [2.45, 2.75) is 0 Å². The highest BCUT2D eigenvalue weighted by Crippen LogP contribution is 2.35. The molecule has 186 valence electrons. The van der Waals surface area contributed by atoms with E-state index in [2.05, 4.69) is 9.97 Å². The van der Waals surface area contributed by atoms with Gasteiger partial charge in [-0.3, -0.25) is 14.8 Å². The number of pyridine rings is 1. The summed E-state index contributed by atoms with van der Waals surface area (Å²) in [5.74, 6) is 3.88. The molecule has 0 saturated carbocycles. The number of fused-ring (bicyclic) bond motifs is 1. The van der Waals surface area contributed by atoms with E-state index < -0.39 is 22.9 Å². The van der Waals surface area contributed by atoms with Gasteiger partial charge >= 0.3 is 5.69 Å². The number of aromatic nitrogens is 3. The van der Waals surface area contributed by atoms with Crippen LogP contribution < -0.4 is 27.8 Å². The number of nitrogens with two attached hydrogens (primary N) is 2. The zero-order chi connectivity index (χ0) is 26.4. The first kappa shape index (κ1) is 24.4. The average Bonchev–Trinajstić information content (AvgIpc) is 2.87. The van der Waals surface area contributed by atoms with Crippen molar-refractivity contribution in [2.24, 2.45) is 5.84 Å². The van der Waals surface area contributed by atoms with Crippen molar-refractivity contribution in [1.29, 1.82) is 0 Å². The second kappa shape index (κ2) is 9.32. The Kier molecular flexibility index (Phi) is 6.16. The van der Waals surface area contributed by atoms with Gasteiger partial charge in [-0.2, -0.15) is 0 Å². The van der Waals surface area contributed by atoms with E-state index in [1.165, 1.54) is 24.4 Å². The highest BCUT2D eigenvalue weighted by molar-refractivity contribution is 6.42. The third kappa shape index (κ3) is 4.20. The summed E-state index contributed by atoms with van der Waals surface area (Å²) in [6.07, 6.45) is 2.94. The smallest absolute Gasteiger partial charge is 0.333 e. The number of anilines is 3. The first-order valence-electron chi connectivity index (χ1n) is 10.6. The molecule has 0 aliphatic carbocycles. The van der Waals surface area contributed by atoms with Crippen LogP contribution in [0.5, 0.6) is 0 Å². The van der Waals surface area contributed by atoms with E-state index in [4.69, 9.17) is 34.8 Å².